The number of benzene rings is 1. The summed E-state index contributed by atoms with van der Waals surface area (Å²) in [5.41, 5.74) is 1.22. The smallest absolute Gasteiger partial charge is 0.213 e. The molecule has 1 aromatic heterocycles. The summed E-state index contributed by atoms with van der Waals surface area (Å²) < 4.78 is 25.3. The third-order valence-electron chi connectivity index (χ3n) is 4.29. The van der Waals surface area contributed by atoms with Crippen molar-refractivity contribution >= 4 is 10.0 Å². The molecule has 0 radical (unpaired) electrons. The normalized spacial score (nSPS) is 19.8. The maximum Gasteiger partial charge on any atom is 0.213 e. The van der Waals surface area contributed by atoms with Crippen molar-refractivity contribution in [2.45, 2.75) is 31.2 Å². The van der Waals surface area contributed by atoms with E-state index in [0.29, 0.717) is 19.5 Å². The van der Waals surface area contributed by atoms with Crippen molar-refractivity contribution in [3.05, 3.63) is 54.1 Å². The van der Waals surface area contributed by atoms with Crippen LogP contribution >= 0.6 is 0 Å². The number of sulfonamides is 1. The summed E-state index contributed by atoms with van der Waals surface area (Å²) in [4.78, 5) is 6.56. The van der Waals surface area contributed by atoms with Crippen LogP contribution in [-0.2, 0) is 23.1 Å². The molecule has 2 N–H and O–H groups in total. The number of hydrogen-bond donors (Lipinski definition) is 1. The quantitative estimate of drug-likeness (QED) is 0.890. The van der Waals surface area contributed by atoms with Gasteiger partial charge in [0.1, 0.15) is 5.82 Å². The van der Waals surface area contributed by atoms with Crippen LogP contribution < -0.4 is 5.14 Å². The van der Waals surface area contributed by atoms with Crippen molar-refractivity contribution in [3.8, 4) is 0 Å². The number of piperidine rings is 1. The van der Waals surface area contributed by atoms with E-state index in [1.54, 1.807) is 6.20 Å². The van der Waals surface area contributed by atoms with E-state index in [1.165, 1.54) is 5.56 Å². The lowest BCUT2D eigenvalue weighted by Gasteiger charge is -2.31. The van der Waals surface area contributed by atoms with Crippen LogP contribution in [0.15, 0.2) is 42.7 Å². The van der Waals surface area contributed by atoms with Gasteiger partial charge in [0.25, 0.3) is 0 Å². The molecule has 1 aliphatic rings. The fourth-order valence-electron chi connectivity index (χ4n) is 3.04. The zero-order valence-corrected chi connectivity index (χ0v) is 13.8. The Hall–Kier alpha value is -1.70. The maximum atomic E-state index is 11.6. The van der Waals surface area contributed by atoms with E-state index in [2.05, 4.69) is 26.6 Å². The number of nitrogens with two attached hydrogens (primary N) is 1. The van der Waals surface area contributed by atoms with E-state index in [1.807, 2.05) is 24.4 Å². The van der Waals surface area contributed by atoms with Crippen molar-refractivity contribution in [2.24, 2.45) is 5.14 Å². The molecule has 2 heterocycles. The number of hydrogen-bond acceptors (Lipinski definition) is 4. The molecule has 1 aromatic carbocycles. The number of likely N-dealkylation sites (tertiary alicyclic amines) is 1. The zero-order chi connectivity index (χ0) is 16.3. The summed E-state index contributed by atoms with van der Waals surface area (Å²) in [6.07, 6.45) is 5.25. The molecule has 3 rings (SSSR count). The van der Waals surface area contributed by atoms with Crippen molar-refractivity contribution in [1.82, 2.24) is 14.5 Å². The van der Waals surface area contributed by atoms with Crippen LogP contribution in [0.2, 0.25) is 0 Å². The molecule has 0 bridgehead atoms. The van der Waals surface area contributed by atoms with Crippen LogP contribution in [0.5, 0.6) is 0 Å². The topological polar surface area (TPSA) is 81.2 Å². The van der Waals surface area contributed by atoms with Crippen molar-refractivity contribution in [2.75, 3.05) is 13.1 Å². The molecular weight excluding hydrogens is 312 g/mol. The highest BCUT2D eigenvalue weighted by Gasteiger charge is 2.28. The van der Waals surface area contributed by atoms with Gasteiger partial charge in [-0.1, -0.05) is 30.3 Å². The van der Waals surface area contributed by atoms with Gasteiger partial charge in [0.2, 0.25) is 10.0 Å². The predicted molar refractivity (Wildman–Crippen MR) is 89.2 cm³/mol. The van der Waals surface area contributed by atoms with E-state index < -0.39 is 15.3 Å². The number of imidazole rings is 1. The highest BCUT2D eigenvalue weighted by molar-refractivity contribution is 7.89. The summed E-state index contributed by atoms with van der Waals surface area (Å²) in [5, 5.41) is 4.84. The Bertz CT molecular complexity index is 742. The van der Waals surface area contributed by atoms with Gasteiger partial charge in [-0.15, -0.1) is 0 Å². The second-order valence-corrected chi connectivity index (χ2v) is 7.89. The molecule has 0 aliphatic carbocycles. The lowest BCUT2D eigenvalue weighted by atomic mass is 10.1. The van der Waals surface area contributed by atoms with Gasteiger partial charge in [0.15, 0.2) is 0 Å². The lowest BCUT2D eigenvalue weighted by Crippen LogP contribution is -2.44. The molecule has 0 saturated carbocycles. The molecule has 7 heteroatoms. The number of nitrogens with zero attached hydrogens (tertiary/aromatic N) is 3. The first-order valence-corrected chi connectivity index (χ1v) is 9.41. The van der Waals surface area contributed by atoms with E-state index in [4.69, 9.17) is 5.14 Å². The first-order chi connectivity index (χ1) is 11.0. The third-order valence-corrected chi connectivity index (χ3v) is 5.60. The van der Waals surface area contributed by atoms with Gasteiger partial charge < -0.3 is 4.57 Å². The van der Waals surface area contributed by atoms with Crippen molar-refractivity contribution in [3.63, 3.8) is 0 Å². The summed E-state index contributed by atoms with van der Waals surface area (Å²) in [6.45, 7) is 2.77. The van der Waals surface area contributed by atoms with Crippen LogP contribution in [0.25, 0.3) is 0 Å². The molecule has 23 heavy (non-hydrogen) atoms. The second-order valence-electron chi connectivity index (χ2n) is 6.05. The molecular formula is C16H22N4O2S. The number of rotatable bonds is 5. The first kappa shape index (κ1) is 16.2. The van der Waals surface area contributed by atoms with Gasteiger partial charge in [-0.25, -0.2) is 18.5 Å². The molecule has 1 aliphatic heterocycles. The van der Waals surface area contributed by atoms with Crippen molar-refractivity contribution < 1.29 is 8.42 Å². The number of primary sulfonamides is 1. The van der Waals surface area contributed by atoms with Gasteiger partial charge in [0.05, 0.1) is 11.8 Å². The molecule has 2 aromatic rings. The van der Waals surface area contributed by atoms with E-state index in [9.17, 15) is 8.42 Å². The van der Waals surface area contributed by atoms with E-state index in [-0.39, 0.29) is 0 Å². The largest absolute Gasteiger partial charge is 0.329 e. The van der Waals surface area contributed by atoms with Crippen LogP contribution in [0.4, 0.5) is 0 Å². The molecule has 1 unspecified atom stereocenters. The number of aromatic nitrogens is 2. The molecule has 0 spiro atoms. The highest BCUT2D eigenvalue weighted by Crippen LogP contribution is 2.17. The fourth-order valence-corrected chi connectivity index (χ4v) is 3.95. The SMILES string of the molecule is NS(=O)(=O)C1CCCN(Cc2nccn2Cc2ccccc2)C1. The molecule has 6 nitrogen and oxygen atoms in total. The van der Waals surface area contributed by atoms with Gasteiger partial charge >= 0.3 is 0 Å². The molecule has 1 saturated heterocycles. The van der Waals surface area contributed by atoms with Gasteiger partial charge in [-0.05, 0) is 24.9 Å². The average molecular weight is 334 g/mol. The molecule has 1 atom stereocenters. The van der Waals surface area contributed by atoms with Crippen LogP contribution in [-0.4, -0.2) is 41.2 Å². The van der Waals surface area contributed by atoms with Crippen LogP contribution in [0.3, 0.4) is 0 Å². The summed E-state index contributed by atoms with van der Waals surface area (Å²) >= 11 is 0. The standard InChI is InChI=1S/C16H22N4O2S/c17-23(21,22)15-7-4-9-19(12-15)13-16-18-8-10-20(16)11-14-5-2-1-3-6-14/h1-3,5-6,8,10,15H,4,7,9,11-13H2,(H2,17,21,22). The Labute approximate surface area is 137 Å². The van der Waals surface area contributed by atoms with Crippen molar-refractivity contribution in [1.29, 1.82) is 0 Å². The highest BCUT2D eigenvalue weighted by atomic mass is 32.2. The first-order valence-electron chi connectivity index (χ1n) is 7.80. The third kappa shape index (κ3) is 4.19. The molecule has 0 amide bonds. The summed E-state index contributed by atoms with van der Waals surface area (Å²) in [7, 11) is -3.47. The average Bonchev–Trinajstić information content (AvgIpc) is 2.95. The Morgan fingerprint density at radius 1 is 1.22 bits per heavy atom. The molecule has 1 fully saturated rings. The minimum Gasteiger partial charge on any atom is -0.329 e. The maximum absolute atomic E-state index is 11.6. The summed E-state index contributed by atoms with van der Waals surface area (Å²) in [5.74, 6) is 0.948. The van der Waals surface area contributed by atoms with E-state index >= 15 is 0 Å². The summed E-state index contributed by atoms with van der Waals surface area (Å²) in [6, 6.07) is 10.2. The fraction of sp³-hybridized carbons (Fsp3) is 0.438. The van der Waals surface area contributed by atoms with Gasteiger partial charge in [-0.3, -0.25) is 4.90 Å². The van der Waals surface area contributed by atoms with Gasteiger partial charge in [-0.2, -0.15) is 0 Å². The van der Waals surface area contributed by atoms with Gasteiger partial charge in [0, 0.05) is 25.5 Å². The Morgan fingerprint density at radius 2 is 2.00 bits per heavy atom. The minimum atomic E-state index is -3.47. The minimum absolute atomic E-state index is 0.464. The van der Waals surface area contributed by atoms with Crippen LogP contribution in [0.1, 0.15) is 24.2 Å². The zero-order valence-electron chi connectivity index (χ0n) is 13.0. The predicted octanol–water partition coefficient (Wildman–Crippen LogP) is 1.18. The Kier molecular flexibility index (Phi) is 4.79. The molecule has 124 valence electrons. The Balaban J connectivity index is 1.68. The second kappa shape index (κ2) is 6.82. The van der Waals surface area contributed by atoms with Crippen LogP contribution in [0, 0.1) is 0 Å². The lowest BCUT2D eigenvalue weighted by molar-refractivity contribution is 0.215. The van der Waals surface area contributed by atoms with E-state index in [0.717, 1.165) is 25.3 Å². The Morgan fingerprint density at radius 3 is 2.74 bits per heavy atom. The monoisotopic (exact) mass is 334 g/mol.